The van der Waals surface area contributed by atoms with Crippen LogP contribution in [0.4, 0.5) is 0 Å². The van der Waals surface area contributed by atoms with Gasteiger partial charge in [-0.25, -0.2) is 0 Å². The van der Waals surface area contributed by atoms with Crippen molar-refractivity contribution in [2.45, 2.75) is 5.16 Å². The third-order valence-electron chi connectivity index (χ3n) is 4.14. The third-order valence-corrected chi connectivity index (χ3v) is 5.05. The van der Waals surface area contributed by atoms with E-state index in [0.717, 1.165) is 5.56 Å². The molecule has 1 amide bonds. The van der Waals surface area contributed by atoms with E-state index in [2.05, 4.69) is 15.2 Å². The summed E-state index contributed by atoms with van der Waals surface area (Å²) < 4.78 is 7.04. The molecule has 0 spiro atoms. The summed E-state index contributed by atoms with van der Waals surface area (Å²) in [5.41, 5.74) is 1.32. The summed E-state index contributed by atoms with van der Waals surface area (Å²) in [4.78, 5) is 28.8. The number of hydrogen-bond donors (Lipinski definition) is 1. The second-order valence-electron chi connectivity index (χ2n) is 5.81. The highest BCUT2D eigenvalue weighted by atomic mass is 32.2. The Morgan fingerprint density at radius 3 is 2.73 bits per heavy atom. The molecule has 4 rings (SSSR count). The standard InChI is InChI=1S/C17H17N5O3S/c23-14-10-13(12-4-2-1-3-5-12)22-16(18-14)19-20-17(22)26-11-15(24)21-6-8-25-9-7-21/h1-5,10H,6-9,11H2,(H,18,19,23). The molecular weight excluding hydrogens is 354 g/mol. The van der Waals surface area contributed by atoms with Crippen LogP contribution in [0.25, 0.3) is 17.0 Å². The van der Waals surface area contributed by atoms with Gasteiger partial charge in [-0.1, -0.05) is 42.1 Å². The second-order valence-corrected chi connectivity index (χ2v) is 6.75. The lowest BCUT2D eigenvalue weighted by atomic mass is 10.1. The Hall–Kier alpha value is -2.65. The number of rotatable bonds is 4. The fourth-order valence-corrected chi connectivity index (χ4v) is 3.70. The summed E-state index contributed by atoms with van der Waals surface area (Å²) in [6.07, 6.45) is 0. The highest BCUT2D eigenvalue weighted by Crippen LogP contribution is 2.24. The molecule has 134 valence electrons. The van der Waals surface area contributed by atoms with Crippen LogP contribution in [-0.2, 0) is 9.53 Å². The molecule has 1 saturated heterocycles. The van der Waals surface area contributed by atoms with Gasteiger partial charge in [-0.15, -0.1) is 10.2 Å². The van der Waals surface area contributed by atoms with Crippen LogP contribution in [0.3, 0.4) is 0 Å². The van der Waals surface area contributed by atoms with Crippen LogP contribution in [0, 0.1) is 0 Å². The summed E-state index contributed by atoms with van der Waals surface area (Å²) in [5.74, 6) is 0.659. The molecule has 0 saturated carbocycles. The molecule has 1 N–H and O–H groups in total. The molecule has 2 aromatic heterocycles. The largest absolute Gasteiger partial charge is 0.378 e. The lowest BCUT2D eigenvalue weighted by Gasteiger charge is -2.26. The summed E-state index contributed by atoms with van der Waals surface area (Å²) in [7, 11) is 0. The number of benzene rings is 1. The number of aromatic nitrogens is 4. The highest BCUT2D eigenvalue weighted by molar-refractivity contribution is 7.99. The quantitative estimate of drug-likeness (QED) is 0.689. The van der Waals surface area contributed by atoms with Crippen molar-refractivity contribution in [1.82, 2.24) is 24.5 Å². The van der Waals surface area contributed by atoms with E-state index >= 15 is 0 Å². The Kier molecular flexibility index (Phi) is 4.72. The molecule has 0 aliphatic carbocycles. The molecule has 1 aliphatic heterocycles. The van der Waals surface area contributed by atoms with Gasteiger partial charge in [0.05, 0.1) is 24.7 Å². The molecule has 0 bridgehead atoms. The van der Waals surface area contributed by atoms with Crippen LogP contribution in [0.15, 0.2) is 46.3 Å². The lowest BCUT2D eigenvalue weighted by molar-refractivity contribution is -0.132. The first-order valence-corrected chi connectivity index (χ1v) is 9.23. The van der Waals surface area contributed by atoms with Gasteiger partial charge in [-0.05, 0) is 5.56 Å². The van der Waals surface area contributed by atoms with Crippen molar-refractivity contribution in [3.05, 3.63) is 46.8 Å². The topological polar surface area (TPSA) is 92.6 Å². The van der Waals surface area contributed by atoms with E-state index in [4.69, 9.17) is 4.74 Å². The fourth-order valence-electron chi connectivity index (χ4n) is 2.85. The molecule has 1 aromatic carbocycles. The third kappa shape index (κ3) is 3.35. The van der Waals surface area contributed by atoms with Crippen LogP contribution in [-0.4, -0.2) is 62.4 Å². The molecule has 3 heterocycles. The van der Waals surface area contributed by atoms with Crippen molar-refractivity contribution >= 4 is 23.4 Å². The number of thioether (sulfide) groups is 1. The van der Waals surface area contributed by atoms with Crippen LogP contribution >= 0.6 is 11.8 Å². The summed E-state index contributed by atoms with van der Waals surface area (Å²) in [6, 6.07) is 11.1. The molecule has 1 aliphatic rings. The SMILES string of the molecule is O=C(CSc1nnc2[nH]c(=O)cc(-c3ccccc3)n12)N1CCOCC1. The van der Waals surface area contributed by atoms with E-state index in [-0.39, 0.29) is 17.2 Å². The van der Waals surface area contributed by atoms with E-state index in [1.807, 2.05) is 30.3 Å². The van der Waals surface area contributed by atoms with E-state index in [0.29, 0.717) is 42.9 Å². The van der Waals surface area contributed by atoms with Crippen molar-refractivity contribution in [3.8, 4) is 11.3 Å². The molecule has 8 nitrogen and oxygen atoms in total. The Morgan fingerprint density at radius 2 is 1.96 bits per heavy atom. The number of nitrogens with one attached hydrogen (secondary N) is 1. The first-order valence-electron chi connectivity index (χ1n) is 8.24. The zero-order valence-corrected chi connectivity index (χ0v) is 14.7. The predicted molar refractivity (Wildman–Crippen MR) is 97.2 cm³/mol. The van der Waals surface area contributed by atoms with Gasteiger partial charge in [0.1, 0.15) is 0 Å². The van der Waals surface area contributed by atoms with Gasteiger partial charge in [0.25, 0.3) is 5.56 Å². The molecular formula is C17H17N5O3S. The molecule has 0 unspecified atom stereocenters. The van der Waals surface area contributed by atoms with Crippen molar-refractivity contribution in [1.29, 1.82) is 0 Å². The van der Waals surface area contributed by atoms with Gasteiger partial charge in [-0.3, -0.25) is 19.0 Å². The Morgan fingerprint density at radius 1 is 1.19 bits per heavy atom. The number of aromatic amines is 1. The van der Waals surface area contributed by atoms with Crippen molar-refractivity contribution < 1.29 is 9.53 Å². The normalized spacial score (nSPS) is 14.7. The molecule has 0 atom stereocenters. The number of carbonyl (C=O) groups is 1. The number of nitrogens with zero attached hydrogens (tertiary/aromatic N) is 4. The fraction of sp³-hybridized carbons (Fsp3) is 0.294. The molecule has 9 heteroatoms. The average molecular weight is 371 g/mol. The maximum atomic E-state index is 12.4. The Balaban J connectivity index is 1.64. The van der Waals surface area contributed by atoms with Gasteiger partial charge in [0.2, 0.25) is 11.7 Å². The van der Waals surface area contributed by atoms with Gasteiger partial charge < -0.3 is 9.64 Å². The number of hydrogen-bond acceptors (Lipinski definition) is 6. The minimum absolute atomic E-state index is 0.0423. The maximum absolute atomic E-state index is 12.4. The average Bonchev–Trinajstić information content (AvgIpc) is 3.09. The molecule has 26 heavy (non-hydrogen) atoms. The minimum Gasteiger partial charge on any atom is -0.378 e. The summed E-state index contributed by atoms with van der Waals surface area (Å²) >= 11 is 1.31. The van der Waals surface area contributed by atoms with Gasteiger partial charge in [0, 0.05) is 19.2 Å². The van der Waals surface area contributed by atoms with Crippen molar-refractivity contribution in [2.75, 3.05) is 32.1 Å². The Labute approximate surface area is 153 Å². The van der Waals surface area contributed by atoms with E-state index < -0.39 is 0 Å². The number of ether oxygens (including phenoxy) is 1. The zero-order chi connectivity index (χ0) is 17.9. The van der Waals surface area contributed by atoms with Gasteiger partial charge >= 0.3 is 0 Å². The molecule has 1 fully saturated rings. The molecule has 3 aromatic rings. The van der Waals surface area contributed by atoms with E-state index in [9.17, 15) is 9.59 Å². The second kappa shape index (κ2) is 7.30. The van der Waals surface area contributed by atoms with Crippen molar-refractivity contribution in [2.24, 2.45) is 0 Å². The number of amides is 1. The number of carbonyl (C=O) groups excluding carboxylic acids is 1. The minimum atomic E-state index is -0.246. The molecule has 0 radical (unpaired) electrons. The summed E-state index contributed by atoms with van der Waals surface area (Å²) in [5, 5.41) is 8.76. The first kappa shape index (κ1) is 16.8. The van der Waals surface area contributed by atoms with Crippen molar-refractivity contribution in [3.63, 3.8) is 0 Å². The van der Waals surface area contributed by atoms with Crippen LogP contribution in [0.5, 0.6) is 0 Å². The van der Waals surface area contributed by atoms with Crippen LogP contribution in [0.1, 0.15) is 0 Å². The monoisotopic (exact) mass is 371 g/mol. The highest BCUT2D eigenvalue weighted by Gasteiger charge is 2.19. The maximum Gasteiger partial charge on any atom is 0.252 e. The predicted octanol–water partition coefficient (Wildman–Crippen LogP) is 1.04. The van der Waals surface area contributed by atoms with Crippen LogP contribution in [0.2, 0.25) is 0 Å². The van der Waals surface area contributed by atoms with E-state index in [1.54, 1.807) is 9.30 Å². The smallest absolute Gasteiger partial charge is 0.252 e. The lowest BCUT2D eigenvalue weighted by Crippen LogP contribution is -2.41. The zero-order valence-electron chi connectivity index (χ0n) is 13.9. The van der Waals surface area contributed by atoms with Gasteiger partial charge in [-0.2, -0.15) is 0 Å². The van der Waals surface area contributed by atoms with Crippen LogP contribution < -0.4 is 5.56 Å². The van der Waals surface area contributed by atoms with Gasteiger partial charge in [0.15, 0.2) is 5.16 Å². The first-order chi connectivity index (χ1) is 12.7. The van der Waals surface area contributed by atoms with E-state index in [1.165, 1.54) is 17.8 Å². The number of fused-ring (bicyclic) bond motifs is 1. The number of H-pyrrole nitrogens is 1. The number of morpholine rings is 1. The Bertz CT molecular complexity index is 979. The summed E-state index contributed by atoms with van der Waals surface area (Å²) in [6.45, 7) is 2.37.